The van der Waals surface area contributed by atoms with Gasteiger partial charge >= 0.3 is 0 Å². The molecule has 0 saturated heterocycles. The van der Waals surface area contributed by atoms with Crippen LogP contribution in [0, 0.1) is 6.92 Å². The van der Waals surface area contributed by atoms with E-state index >= 15 is 0 Å². The zero-order valence-corrected chi connectivity index (χ0v) is 9.06. The summed E-state index contributed by atoms with van der Waals surface area (Å²) in [4.78, 5) is 0. The van der Waals surface area contributed by atoms with Gasteiger partial charge in [0, 0.05) is 7.05 Å². The largest absolute Gasteiger partial charge is 0.364 e. The quantitative estimate of drug-likeness (QED) is 0.437. The number of nitrogens with zero attached hydrogens (tertiary/aromatic N) is 1. The summed E-state index contributed by atoms with van der Waals surface area (Å²) in [5.74, 6) is 0. The molecule has 0 radical (unpaired) electrons. The van der Waals surface area contributed by atoms with Gasteiger partial charge < -0.3 is 5.32 Å². The lowest BCUT2D eigenvalue weighted by Crippen LogP contribution is -2.28. The van der Waals surface area contributed by atoms with Crippen molar-refractivity contribution in [2.24, 2.45) is 5.10 Å². The van der Waals surface area contributed by atoms with Crippen molar-refractivity contribution in [3.63, 3.8) is 0 Å². The number of benzene rings is 1. The molecule has 0 fully saturated rings. The predicted molar refractivity (Wildman–Crippen MR) is 63.6 cm³/mol. The Hall–Kier alpha value is -1.42. The molecule has 0 aliphatic carbocycles. The summed E-state index contributed by atoms with van der Waals surface area (Å²) in [7, 11) is 1.75. The minimum absolute atomic E-state index is 0.508. The fourth-order valence-electron chi connectivity index (χ4n) is 0.874. The fraction of sp³-hybridized carbons (Fsp3) is 0.200. The second kappa shape index (κ2) is 5.34. The van der Waals surface area contributed by atoms with Gasteiger partial charge in [-0.05, 0) is 24.7 Å². The van der Waals surface area contributed by atoms with Crippen LogP contribution in [0.3, 0.4) is 0 Å². The molecule has 4 heteroatoms. The summed E-state index contributed by atoms with van der Waals surface area (Å²) < 4.78 is 0. The van der Waals surface area contributed by atoms with Gasteiger partial charge in [0.1, 0.15) is 0 Å². The van der Waals surface area contributed by atoms with Gasteiger partial charge in [0.15, 0.2) is 5.11 Å². The standard InChI is InChI=1S/C10H13N3S/c1-8-3-5-9(6-4-8)7-12-13-10(14)11-2/h3-7H,1-2H3,(H2,11,13,14)/b12-7-. The summed E-state index contributed by atoms with van der Waals surface area (Å²) in [6, 6.07) is 8.08. The van der Waals surface area contributed by atoms with Crippen LogP contribution in [0.5, 0.6) is 0 Å². The van der Waals surface area contributed by atoms with E-state index in [-0.39, 0.29) is 0 Å². The zero-order chi connectivity index (χ0) is 10.4. The average molecular weight is 207 g/mol. The van der Waals surface area contributed by atoms with Crippen LogP contribution in [0.4, 0.5) is 0 Å². The van der Waals surface area contributed by atoms with Crippen molar-refractivity contribution in [1.82, 2.24) is 10.7 Å². The van der Waals surface area contributed by atoms with Crippen molar-refractivity contribution in [2.75, 3.05) is 7.05 Å². The maximum Gasteiger partial charge on any atom is 0.186 e. The SMILES string of the molecule is CNC(=S)N/N=C\c1ccc(C)cc1. The Balaban J connectivity index is 2.52. The highest BCUT2D eigenvalue weighted by molar-refractivity contribution is 7.80. The van der Waals surface area contributed by atoms with Gasteiger partial charge in [-0.3, -0.25) is 5.43 Å². The Morgan fingerprint density at radius 3 is 2.57 bits per heavy atom. The highest BCUT2D eigenvalue weighted by atomic mass is 32.1. The molecule has 14 heavy (non-hydrogen) atoms. The molecule has 0 unspecified atom stereocenters. The smallest absolute Gasteiger partial charge is 0.186 e. The number of nitrogens with one attached hydrogen (secondary N) is 2. The maximum atomic E-state index is 4.86. The van der Waals surface area contributed by atoms with Crippen molar-refractivity contribution >= 4 is 23.5 Å². The van der Waals surface area contributed by atoms with Gasteiger partial charge in [-0.1, -0.05) is 29.8 Å². The summed E-state index contributed by atoms with van der Waals surface area (Å²) in [5, 5.41) is 7.24. The number of hydrogen-bond acceptors (Lipinski definition) is 2. The Morgan fingerprint density at radius 2 is 2.00 bits per heavy atom. The first-order valence-corrected chi connectivity index (χ1v) is 4.70. The van der Waals surface area contributed by atoms with E-state index < -0.39 is 0 Å². The third kappa shape index (κ3) is 3.53. The summed E-state index contributed by atoms with van der Waals surface area (Å²) >= 11 is 4.86. The second-order valence-corrected chi connectivity index (χ2v) is 3.27. The molecule has 0 saturated carbocycles. The van der Waals surface area contributed by atoms with Crippen molar-refractivity contribution in [3.8, 4) is 0 Å². The van der Waals surface area contributed by atoms with E-state index in [4.69, 9.17) is 12.2 Å². The van der Waals surface area contributed by atoms with Crippen LogP contribution in [-0.2, 0) is 0 Å². The predicted octanol–water partition coefficient (Wildman–Crippen LogP) is 1.42. The first-order chi connectivity index (χ1) is 6.72. The zero-order valence-electron chi connectivity index (χ0n) is 8.24. The summed E-state index contributed by atoms with van der Waals surface area (Å²) in [6.45, 7) is 2.05. The normalized spacial score (nSPS) is 10.1. The van der Waals surface area contributed by atoms with E-state index in [1.807, 2.05) is 24.3 Å². The molecule has 1 aromatic rings. The molecule has 0 heterocycles. The molecule has 1 aromatic carbocycles. The number of thiocarbonyl (C=S) groups is 1. The van der Waals surface area contributed by atoms with E-state index in [1.54, 1.807) is 13.3 Å². The second-order valence-electron chi connectivity index (χ2n) is 2.86. The van der Waals surface area contributed by atoms with Crippen molar-refractivity contribution in [2.45, 2.75) is 6.92 Å². The first-order valence-electron chi connectivity index (χ1n) is 4.30. The molecular weight excluding hydrogens is 194 g/mol. The molecule has 1 rings (SSSR count). The molecule has 74 valence electrons. The van der Waals surface area contributed by atoms with Crippen LogP contribution in [0.2, 0.25) is 0 Å². The van der Waals surface area contributed by atoms with Gasteiger partial charge in [-0.25, -0.2) is 0 Å². The van der Waals surface area contributed by atoms with Gasteiger partial charge in [-0.15, -0.1) is 0 Å². The van der Waals surface area contributed by atoms with Crippen LogP contribution >= 0.6 is 12.2 Å². The average Bonchev–Trinajstić information content (AvgIpc) is 2.21. The van der Waals surface area contributed by atoms with E-state index in [9.17, 15) is 0 Å². The Morgan fingerprint density at radius 1 is 1.36 bits per heavy atom. The Kier molecular flexibility index (Phi) is 4.07. The number of hydrazone groups is 1. The fourth-order valence-corrected chi connectivity index (χ4v) is 0.927. The van der Waals surface area contributed by atoms with E-state index in [1.165, 1.54) is 5.56 Å². The van der Waals surface area contributed by atoms with Crippen LogP contribution in [-0.4, -0.2) is 18.4 Å². The third-order valence-corrected chi connectivity index (χ3v) is 1.98. The lowest BCUT2D eigenvalue weighted by atomic mass is 10.2. The molecule has 0 bridgehead atoms. The van der Waals surface area contributed by atoms with Gasteiger partial charge in [-0.2, -0.15) is 5.10 Å². The lowest BCUT2D eigenvalue weighted by Gasteiger charge is -1.99. The number of rotatable bonds is 2. The van der Waals surface area contributed by atoms with Crippen molar-refractivity contribution in [1.29, 1.82) is 0 Å². The number of hydrogen-bond donors (Lipinski definition) is 2. The molecule has 0 aromatic heterocycles. The molecule has 0 atom stereocenters. The Labute approximate surface area is 89.2 Å². The summed E-state index contributed by atoms with van der Waals surface area (Å²) in [6.07, 6.45) is 1.73. The van der Waals surface area contributed by atoms with Gasteiger partial charge in [0.25, 0.3) is 0 Å². The Bertz CT molecular complexity index is 330. The van der Waals surface area contributed by atoms with Gasteiger partial charge in [0.05, 0.1) is 6.21 Å². The van der Waals surface area contributed by atoms with E-state index in [0.717, 1.165) is 5.56 Å². The monoisotopic (exact) mass is 207 g/mol. The number of aryl methyl sites for hydroxylation is 1. The lowest BCUT2D eigenvalue weighted by molar-refractivity contribution is 0.982. The van der Waals surface area contributed by atoms with Crippen LogP contribution in [0.25, 0.3) is 0 Å². The molecule has 0 aliphatic heterocycles. The van der Waals surface area contributed by atoms with Gasteiger partial charge in [0.2, 0.25) is 0 Å². The molecule has 3 nitrogen and oxygen atoms in total. The molecule has 0 amide bonds. The first kappa shape index (κ1) is 10.7. The highest BCUT2D eigenvalue weighted by Crippen LogP contribution is 1.99. The van der Waals surface area contributed by atoms with E-state index in [2.05, 4.69) is 22.8 Å². The molecular formula is C10H13N3S. The van der Waals surface area contributed by atoms with E-state index in [0.29, 0.717) is 5.11 Å². The summed E-state index contributed by atoms with van der Waals surface area (Å²) in [5.41, 5.74) is 4.97. The molecule has 0 spiro atoms. The van der Waals surface area contributed by atoms with Crippen LogP contribution in [0.1, 0.15) is 11.1 Å². The highest BCUT2D eigenvalue weighted by Gasteiger charge is 1.87. The topological polar surface area (TPSA) is 36.4 Å². The minimum Gasteiger partial charge on any atom is -0.364 e. The van der Waals surface area contributed by atoms with Crippen molar-refractivity contribution in [3.05, 3.63) is 35.4 Å². The van der Waals surface area contributed by atoms with Crippen LogP contribution in [0.15, 0.2) is 29.4 Å². The van der Waals surface area contributed by atoms with Crippen molar-refractivity contribution < 1.29 is 0 Å². The molecule has 2 N–H and O–H groups in total. The maximum absolute atomic E-state index is 4.86. The minimum atomic E-state index is 0.508. The third-order valence-electron chi connectivity index (χ3n) is 1.68. The molecule has 0 aliphatic rings. The van der Waals surface area contributed by atoms with Crippen LogP contribution < -0.4 is 10.7 Å².